The molecule has 0 saturated heterocycles. The van der Waals surface area contributed by atoms with E-state index >= 15 is 0 Å². The Kier molecular flexibility index (Phi) is 5.58. The van der Waals surface area contributed by atoms with Gasteiger partial charge in [-0.3, -0.25) is 4.72 Å². The van der Waals surface area contributed by atoms with Crippen LogP contribution in [0, 0.1) is 0 Å². The molecular formula is C11H16N2O5S. The molecular weight excluding hydrogens is 272 g/mol. The van der Waals surface area contributed by atoms with Crippen molar-refractivity contribution < 1.29 is 23.1 Å². The molecule has 0 amide bonds. The van der Waals surface area contributed by atoms with Crippen molar-refractivity contribution in [1.29, 1.82) is 0 Å². The van der Waals surface area contributed by atoms with Gasteiger partial charge in [0.05, 0.1) is 5.69 Å². The van der Waals surface area contributed by atoms with Gasteiger partial charge in [0.1, 0.15) is 5.75 Å². The Labute approximate surface area is 111 Å². The van der Waals surface area contributed by atoms with Crippen LogP contribution < -0.4 is 14.2 Å². The van der Waals surface area contributed by atoms with Gasteiger partial charge in [-0.15, -0.1) is 0 Å². The zero-order valence-electron chi connectivity index (χ0n) is 10.4. The lowest BCUT2D eigenvalue weighted by atomic mass is 10.3. The van der Waals surface area contributed by atoms with Crippen LogP contribution in [0.25, 0.3) is 0 Å². The van der Waals surface area contributed by atoms with E-state index in [1.807, 2.05) is 6.92 Å². The maximum absolute atomic E-state index is 11.7. The number of anilines is 1. The SMILES string of the molecule is CCCNS(=O)(=O)Nc1ccccc1OCC(=O)O. The van der Waals surface area contributed by atoms with Crippen LogP contribution in [0.5, 0.6) is 5.75 Å². The summed E-state index contributed by atoms with van der Waals surface area (Å²) in [7, 11) is -3.69. The number of hydrogen-bond acceptors (Lipinski definition) is 4. The predicted octanol–water partition coefficient (Wildman–Crippen LogP) is 0.806. The first-order valence-electron chi connectivity index (χ1n) is 5.65. The van der Waals surface area contributed by atoms with E-state index < -0.39 is 22.8 Å². The molecule has 8 heteroatoms. The van der Waals surface area contributed by atoms with Crippen LogP contribution in [0.3, 0.4) is 0 Å². The average molecular weight is 288 g/mol. The lowest BCUT2D eigenvalue weighted by Gasteiger charge is -2.12. The van der Waals surface area contributed by atoms with E-state index in [0.717, 1.165) is 0 Å². The van der Waals surface area contributed by atoms with E-state index in [1.165, 1.54) is 12.1 Å². The molecule has 1 aromatic rings. The van der Waals surface area contributed by atoms with Crippen molar-refractivity contribution in [2.45, 2.75) is 13.3 Å². The van der Waals surface area contributed by atoms with Crippen LogP contribution in [0.2, 0.25) is 0 Å². The molecule has 106 valence electrons. The van der Waals surface area contributed by atoms with Gasteiger partial charge in [-0.1, -0.05) is 19.1 Å². The lowest BCUT2D eigenvalue weighted by Crippen LogP contribution is -2.30. The van der Waals surface area contributed by atoms with E-state index in [1.54, 1.807) is 12.1 Å². The molecule has 0 aliphatic carbocycles. The highest BCUT2D eigenvalue weighted by Gasteiger charge is 2.12. The summed E-state index contributed by atoms with van der Waals surface area (Å²) in [6.07, 6.45) is 0.665. The highest BCUT2D eigenvalue weighted by molar-refractivity contribution is 7.90. The van der Waals surface area contributed by atoms with Crippen molar-refractivity contribution >= 4 is 21.9 Å². The van der Waals surface area contributed by atoms with E-state index in [4.69, 9.17) is 9.84 Å². The van der Waals surface area contributed by atoms with E-state index in [-0.39, 0.29) is 11.4 Å². The van der Waals surface area contributed by atoms with E-state index in [2.05, 4.69) is 9.44 Å². The number of benzene rings is 1. The Hall–Kier alpha value is -1.80. The van der Waals surface area contributed by atoms with Crippen LogP contribution in [0.1, 0.15) is 13.3 Å². The fourth-order valence-corrected chi connectivity index (χ4v) is 2.24. The number of aliphatic carboxylic acids is 1. The molecule has 19 heavy (non-hydrogen) atoms. The van der Waals surface area contributed by atoms with Gasteiger partial charge >= 0.3 is 5.97 Å². The lowest BCUT2D eigenvalue weighted by molar-refractivity contribution is -0.139. The summed E-state index contributed by atoms with van der Waals surface area (Å²) in [6, 6.07) is 6.21. The normalized spacial score (nSPS) is 11.0. The third-order valence-corrected chi connectivity index (χ3v) is 3.10. The Morgan fingerprint density at radius 3 is 2.68 bits per heavy atom. The standard InChI is InChI=1S/C11H16N2O5S/c1-2-7-12-19(16,17)13-9-5-3-4-6-10(9)18-8-11(14)15/h3-6,12-13H,2,7-8H2,1H3,(H,14,15). The minimum Gasteiger partial charge on any atom is -0.480 e. The topological polar surface area (TPSA) is 105 Å². The fraction of sp³-hybridized carbons (Fsp3) is 0.364. The van der Waals surface area contributed by atoms with Gasteiger partial charge in [-0.25, -0.2) is 4.79 Å². The number of hydrogen-bond donors (Lipinski definition) is 3. The van der Waals surface area contributed by atoms with Gasteiger partial charge < -0.3 is 9.84 Å². The van der Waals surface area contributed by atoms with Crippen molar-refractivity contribution in [2.75, 3.05) is 17.9 Å². The second-order valence-electron chi connectivity index (χ2n) is 3.68. The molecule has 0 saturated carbocycles. The van der Waals surface area contributed by atoms with Gasteiger partial charge in [0.2, 0.25) is 0 Å². The minimum atomic E-state index is -3.69. The Morgan fingerprint density at radius 2 is 2.05 bits per heavy atom. The first-order valence-corrected chi connectivity index (χ1v) is 7.14. The fourth-order valence-electron chi connectivity index (χ4n) is 1.23. The molecule has 0 heterocycles. The Morgan fingerprint density at radius 1 is 1.37 bits per heavy atom. The third kappa shape index (κ3) is 5.58. The molecule has 7 nitrogen and oxygen atoms in total. The number of carbonyl (C=O) groups is 1. The van der Waals surface area contributed by atoms with Crippen molar-refractivity contribution in [3.05, 3.63) is 24.3 Å². The molecule has 0 aliphatic heterocycles. The quantitative estimate of drug-likeness (QED) is 0.656. The average Bonchev–Trinajstić information content (AvgIpc) is 2.35. The van der Waals surface area contributed by atoms with Crippen molar-refractivity contribution in [2.24, 2.45) is 0 Å². The summed E-state index contributed by atoms with van der Waals surface area (Å²) < 4.78 is 32.9. The Balaban J connectivity index is 2.80. The van der Waals surface area contributed by atoms with Crippen molar-refractivity contribution in [3.63, 3.8) is 0 Å². The zero-order valence-corrected chi connectivity index (χ0v) is 11.2. The Bertz CT molecular complexity index is 530. The zero-order chi connectivity index (χ0) is 14.3. The van der Waals surface area contributed by atoms with Crippen LogP contribution >= 0.6 is 0 Å². The highest BCUT2D eigenvalue weighted by Crippen LogP contribution is 2.24. The number of carboxylic acid groups (broad SMARTS) is 1. The molecule has 1 rings (SSSR count). The number of para-hydroxylation sites is 2. The predicted molar refractivity (Wildman–Crippen MR) is 70.4 cm³/mol. The van der Waals surface area contributed by atoms with E-state index in [9.17, 15) is 13.2 Å². The van der Waals surface area contributed by atoms with Gasteiger partial charge in [0, 0.05) is 6.54 Å². The molecule has 0 fully saturated rings. The number of nitrogens with one attached hydrogen (secondary N) is 2. The molecule has 0 aliphatic rings. The second kappa shape index (κ2) is 6.95. The summed E-state index contributed by atoms with van der Waals surface area (Å²) in [5.74, 6) is -0.978. The van der Waals surface area contributed by atoms with Gasteiger partial charge in [-0.2, -0.15) is 13.1 Å². The first-order chi connectivity index (χ1) is 8.94. The molecule has 0 unspecified atom stereocenters. The summed E-state index contributed by atoms with van der Waals surface area (Å²) in [6.45, 7) is 1.61. The third-order valence-electron chi connectivity index (χ3n) is 2.02. The van der Waals surface area contributed by atoms with Crippen LogP contribution in [0.15, 0.2) is 24.3 Å². The molecule has 0 atom stereocenters. The smallest absolute Gasteiger partial charge is 0.341 e. The molecule has 0 aromatic heterocycles. The molecule has 0 spiro atoms. The summed E-state index contributed by atoms with van der Waals surface area (Å²) in [5, 5.41) is 8.54. The first kappa shape index (κ1) is 15.3. The minimum absolute atomic E-state index is 0.159. The molecule has 0 bridgehead atoms. The van der Waals surface area contributed by atoms with Gasteiger partial charge in [-0.05, 0) is 18.6 Å². The number of rotatable bonds is 8. The maximum atomic E-state index is 11.7. The van der Waals surface area contributed by atoms with Crippen LogP contribution in [-0.2, 0) is 15.0 Å². The summed E-state index contributed by atoms with van der Waals surface area (Å²) >= 11 is 0. The van der Waals surface area contributed by atoms with Gasteiger partial charge in [0.15, 0.2) is 6.61 Å². The van der Waals surface area contributed by atoms with Crippen molar-refractivity contribution in [3.8, 4) is 5.75 Å². The summed E-state index contributed by atoms with van der Waals surface area (Å²) in [4.78, 5) is 10.4. The number of ether oxygens (including phenoxy) is 1. The monoisotopic (exact) mass is 288 g/mol. The van der Waals surface area contributed by atoms with Crippen molar-refractivity contribution in [1.82, 2.24) is 4.72 Å². The maximum Gasteiger partial charge on any atom is 0.341 e. The highest BCUT2D eigenvalue weighted by atomic mass is 32.2. The largest absolute Gasteiger partial charge is 0.480 e. The molecule has 1 aromatic carbocycles. The van der Waals surface area contributed by atoms with Gasteiger partial charge in [0.25, 0.3) is 10.2 Å². The van der Waals surface area contributed by atoms with Crippen LogP contribution in [-0.4, -0.2) is 32.6 Å². The molecule has 3 N–H and O–H groups in total. The van der Waals surface area contributed by atoms with E-state index in [0.29, 0.717) is 13.0 Å². The summed E-state index contributed by atoms with van der Waals surface area (Å²) in [5.41, 5.74) is 0.187. The number of carboxylic acids is 1. The molecule has 0 radical (unpaired) electrons. The second-order valence-corrected chi connectivity index (χ2v) is 5.18. The van der Waals surface area contributed by atoms with Crippen LogP contribution in [0.4, 0.5) is 5.69 Å².